The van der Waals surface area contributed by atoms with Crippen LogP contribution < -0.4 is 19.7 Å². The minimum absolute atomic E-state index is 0.159. The lowest BCUT2D eigenvalue weighted by Gasteiger charge is -2.27. The molecule has 7 nitrogen and oxygen atoms in total. The van der Waals surface area contributed by atoms with E-state index >= 15 is 0 Å². The van der Waals surface area contributed by atoms with Crippen molar-refractivity contribution < 1.29 is 23.9 Å². The van der Waals surface area contributed by atoms with Gasteiger partial charge in [-0.05, 0) is 80.8 Å². The Kier molecular flexibility index (Phi) is 7.78. The van der Waals surface area contributed by atoms with Crippen LogP contribution in [0.2, 0.25) is 0 Å². The van der Waals surface area contributed by atoms with Gasteiger partial charge in [0.2, 0.25) is 0 Å². The lowest BCUT2D eigenvalue weighted by atomic mass is 10.1. The third-order valence-corrected chi connectivity index (χ3v) is 6.25. The van der Waals surface area contributed by atoms with Crippen molar-refractivity contribution in [2.45, 2.75) is 34.3 Å². The van der Waals surface area contributed by atoms with Crippen molar-refractivity contribution in [2.75, 3.05) is 11.5 Å². The highest BCUT2D eigenvalue weighted by atomic mass is 79.9. The number of hydrogen-bond acceptors (Lipinski definition) is 5. The SMILES string of the molecule is CCOc1cc(/C=C2/C(=O)NC(=O)N(c3ccc(Br)cc3C)C2=O)ccc1OCc1cc(C)cc(C)c1. The molecule has 1 saturated heterocycles. The van der Waals surface area contributed by atoms with Crippen molar-refractivity contribution in [3.8, 4) is 11.5 Å². The van der Waals surface area contributed by atoms with Crippen molar-refractivity contribution in [3.05, 3.63) is 92.5 Å². The van der Waals surface area contributed by atoms with Gasteiger partial charge >= 0.3 is 6.03 Å². The number of carbonyl (C=O) groups excluding carboxylic acids is 3. The average Bonchev–Trinajstić information content (AvgIpc) is 2.82. The van der Waals surface area contributed by atoms with Crippen LogP contribution in [0.25, 0.3) is 6.08 Å². The molecule has 37 heavy (non-hydrogen) atoms. The van der Waals surface area contributed by atoms with Crippen molar-refractivity contribution in [1.82, 2.24) is 5.32 Å². The molecule has 0 atom stereocenters. The van der Waals surface area contributed by atoms with E-state index in [1.165, 1.54) is 6.08 Å². The minimum Gasteiger partial charge on any atom is -0.490 e. The molecule has 1 aliphatic heterocycles. The molecule has 0 saturated carbocycles. The molecule has 1 heterocycles. The number of imide groups is 2. The second-order valence-corrected chi connectivity index (χ2v) is 9.73. The molecule has 4 amide bonds. The van der Waals surface area contributed by atoms with Crippen LogP contribution in [-0.2, 0) is 16.2 Å². The van der Waals surface area contributed by atoms with Crippen molar-refractivity contribution in [1.29, 1.82) is 0 Å². The summed E-state index contributed by atoms with van der Waals surface area (Å²) in [7, 11) is 0. The van der Waals surface area contributed by atoms with Gasteiger partial charge in [0, 0.05) is 4.47 Å². The quantitative estimate of drug-likeness (QED) is 0.281. The predicted octanol–water partition coefficient (Wildman–Crippen LogP) is 6.02. The molecule has 0 unspecified atom stereocenters. The van der Waals surface area contributed by atoms with Crippen molar-refractivity contribution in [2.24, 2.45) is 0 Å². The van der Waals surface area contributed by atoms with E-state index in [0.29, 0.717) is 41.5 Å². The van der Waals surface area contributed by atoms with Crippen LogP contribution in [0.4, 0.5) is 10.5 Å². The molecule has 8 heteroatoms. The number of ether oxygens (including phenoxy) is 2. The minimum atomic E-state index is -0.789. The van der Waals surface area contributed by atoms with Crippen LogP contribution in [0.3, 0.4) is 0 Å². The fraction of sp³-hybridized carbons (Fsp3) is 0.207. The topological polar surface area (TPSA) is 84.9 Å². The number of nitrogens with one attached hydrogen (secondary N) is 1. The first-order valence-corrected chi connectivity index (χ1v) is 12.6. The molecule has 0 aromatic heterocycles. The Morgan fingerprint density at radius 3 is 2.30 bits per heavy atom. The Balaban J connectivity index is 1.63. The molecule has 0 aliphatic carbocycles. The summed E-state index contributed by atoms with van der Waals surface area (Å²) in [6.07, 6.45) is 1.45. The van der Waals surface area contributed by atoms with E-state index in [9.17, 15) is 14.4 Å². The van der Waals surface area contributed by atoms with Gasteiger partial charge in [0.05, 0.1) is 12.3 Å². The summed E-state index contributed by atoms with van der Waals surface area (Å²) in [5.74, 6) is -0.423. The molecule has 4 rings (SSSR count). The van der Waals surface area contributed by atoms with E-state index in [1.807, 2.05) is 20.8 Å². The lowest BCUT2D eigenvalue weighted by molar-refractivity contribution is -0.122. The van der Waals surface area contributed by atoms with Gasteiger partial charge in [-0.3, -0.25) is 14.9 Å². The lowest BCUT2D eigenvalue weighted by Crippen LogP contribution is -2.54. The number of aryl methyl sites for hydroxylation is 3. The van der Waals surface area contributed by atoms with E-state index in [4.69, 9.17) is 9.47 Å². The number of amides is 4. The Hall–Kier alpha value is -3.91. The molecule has 190 valence electrons. The highest BCUT2D eigenvalue weighted by Gasteiger charge is 2.37. The maximum Gasteiger partial charge on any atom is 0.335 e. The van der Waals surface area contributed by atoms with E-state index < -0.39 is 17.8 Å². The number of hydrogen-bond donors (Lipinski definition) is 1. The Morgan fingerprint density at radius 1 is 0.892 bits per heavy atom. The normalized spacial score (nSPS) is 14.7. The molecule has 1 fully saturated rings. The molecule has 0 radical (unpaired) electrons. The van der Waals surface area contributed by atoms with E-state index in [0.717, 1.165) is 26.1 Å². The first kappa shape index (κ1) is 26.2. The van der Waals surface area contributed by atoms with Crippen molar-refractivity contribution >= 4 is 45.5 Å². The van der Waals surface area contributed by atoms with Gasteiger partial charge in [-0.2, -0.15) is 0 Å². The van der Waals surface area contributed by atoms with Crippen LogP contribution in [0, 0.1) is 20.8 Å². The summed E-state index contributed by atoms with van der Waals surface area (Å²) in [5.41, 5.74) is 4.86. The molecule has 1 aliphatic rings. The van der Waals surface area contributed by atoms with Gasteiger partial charge in [0.15, 0.2) is 11.5 Å². The zero-order chi connectivity index (χ0) is 26.7. The maximum atomic E-state index is 13.3. The standard InChI is InChI=1S/C29H27BrN2O5/c1-5-36-26-15-20(6-9-25(26)37-16-21-11-17(2)10-18(3)12-21)14-23-27(33)31-29(35)32(28(23)34)24-8-7-22(30)13-19(24)4/h6-15H,5,16H2,1-4H3,(H,31,33,35)/b23-14-. The van der Waals surface area contributed by atoms with Crippen LogP contribution in [0.15, 0.2) is 64.6 Å². The summed E-state index contributed by atoms with van der Waals surface area (Å²) in [4.78, 5) is 39.4. The molecule has 3 aromatic carbocycles. The number of urea groups is 1. The second kappa shape index (κ2) is 11.0. The number of benzene rings is 3. The fourth-order valence-corrected chi connectivity index (χ4v) is 4.70. The van der Waals surface area contributed by atoms with Crippen LogP contribution >= 0.6 is 15.9 Å². The van der Waals surface area contributed by atoms with Crippen LogP contribution in [0.5, 0.6) is 11.5 Å². The maximum absolute atomic E-state index is 13.3. The summed E-state index contributed by atoms with van der Waals surface area (Å²) >= 11 is 3.38. The van der Waals surface area contributed by atoms with Gasteiger partial charge < -0.3 is 9.47 Å². The highest BCUT2D eigenvalue weighted by molar-refractivity contribution is 9.10. The van der Waals surface area contributed by atoms with Crippen LogP contribution in [0.1, 0.15) is 34.7 Å². The number of halogens is 1. The third-order valence-electron chi connectivity index (χ3n) is 5.76. The zero-order valence-corrected chi connectivity index (χ0v) is 22.6. The van der Waals surface area contributed by atoms with Gasteiger partial charge in [-0.25, -0.2) is 9.69 Å². The Bertz CT molecular complexity index is 1410. The molecule has 0 bridgehead atoms. The number of barbiturate groups is 1. The highest BCUT2D eigenvalue weighted by Crippen LogP contribution is 2.32. The van der Waals surface area contributed by atoms with Gasteiger partial charge in [-0.15, -0.1) is 0 Å². The molecule has 3 aromatic rings. The van der Waals surface area contributed by atoms with E-state index in [1.54, 1.807) is 43.3 Å². The number of anilines is 1. The molecular weight excluding hydrogens is 536 g/mol. The number of carbonyl (C=O) groups is 3. The first-order valence-electron chi connectivity index (χ1n) is 11.8. The van der Waals surface area contributed by atoms with Gasteiger partial charge in [-0.1, -0.05) is 51.3 Å². The Labute approximate surface area is 224 Å². The second-order valence-electron chi connectivity index (χ2n) is 8.81. The van der Waals surface area contributed by atoms with Gasteiger partial charge in [0.25, 0.3) is 11.8 Å². The smallest absolute Gasteiger partial charge is 0.335 e. The largest absolute Gasteiger partial charge is 0.490 e. The zero-order valence-electron chi connectivity index (χ0n) is 21.1. The molecule has 0 spiro atoms. The summed E-state index contributed by atoms with van der Waals surface area (Å²) in [6.45, 7) is 8.50. The monoisotopic (exact) mass is 562 g/mol. The summed E-state index contributed by atoms with van der Waals surface area (Å²) in [5, 5.41) is 2.26. The van der Waals surface area contributed by atoms with Crippen molar-refractivity contribution in [3.63, 3.8) is 0 Å². The molecular formula is C29H27BrN2O5. The van der Waals surface area contributed by atoms with E-state index in [-0.39, 0.29) is 5.57 Å². The van der Waals surface area contributed by atoms with Crippen LogP contribution in [-0.4, -0.2) is 24.5 Å². The fourth-order valence-electron chi connectivity index (χ4n) is 4.23. The first-order chi connectivity index (χ1) is 17.7. The third kappa shape index (κ3) is 5.91. The van der Waals surface area contributed by atoms with E-state index in [2.05, 4.69) is 39.4 Å². The summed E-state index contributed by atoms with van der Waals surface area (Å²) < 4.78 is 12.6. The average molecular weight is 563 g/mol. The number of nitrogens with zero attached hydrogens (tertiary/aromatic N) is 1. The summed E-state index contributed by atoms with van der Waals surface area (Å²) in [6, 6.07) is 15.8. The Morgan fingerprint density at radius 2 is 1.62 bits per heavy atom. The molecule has 1 N–H and O–H groups in total. The predicted molar refractivity (Wildman–Crippen MR) is 146 cm³/mol. The number of rotatable bonds is 7. The van der Waals surface area contributed by atoms with Gasteiger partial charge in [0.1, 0.15) is 12.2 Å².